The van der Waals surface area contributed by atoms with Gasteiger partial charge in [-0.2, -0.15) is 12.1 Å². The number of methoxy groups -OCH3 is 1. The summed E-state index contributed by atoms with van der Waals surface area (Å²) in [6, 6.07) is 14.2. The molecule has 0 saturated heterocycles. The van der Waals surface area contributed by atoms with Gasteiger partial charge in [0.2, 0.25) is 0 Å². The average Bonchev–Trinajstić information content (AvgIpc) is 3.02. The third-order valence-corrected chi connectivity index (χ3v) is 3.17. The summed E-state index contributed by atoms with van der Waals surface area (Å²) < 4.78 is 9.73. The van der Waals surface area contributed by atoms with Gasteiger partial charge in [-0.1, -0.05) is 6.07 Å². The Balaban J connectivity index is 0.00000192. The molecule has 0 saturated carbocycles. The van der Waals surface area contributed by atoms with Crippen LogP contribution in [0.1, 0.15) is 18.1 Å². The second-order valence-corrected chi connectivity index (χ2v) is 4.68. The predicted molar refractivity (Wildman–Crippen MR) is 80.6 cm³/mol. The number of ether oxygens (including phenoxy) is 1. The van der Waals surface area contributed by atoms with Crippen molar-refractivity contribution in [3.05, 3.63) is 53.6 Å². The molecule has 7 heteroatoms. The van der Waals surface area contributed by atoms with Gasteiger partial charge in [-0.05, 0) is 34.9 Å². The van der Waals surface area contributed by atoms with Crippen molar-refractivity contribution in [3.8, 4) is 5.75 Å². The van der Waals surface area contributed by atoms with Crippen LogP contribution in [0.25, 0.3) is 11.0 Å². The number of nitrogens with zero attached hydrogens (tertiary/aromatic N) is 3. The van der Waals surface area contributed by atoms with E-state index >= 15 is 0 Å². The van der Waals surface area contributed by atoms with Gasteiger partial charge in [0.05, 0.1) is 7.11 Å². The van der Waals surface area contributed by atoms with Gasteiger partial charge in [0.1, 0.15) is 17.6 Å². The summed E-state index contributed by atoms with van der Waals surface area (Å²) in [4.78, 5) is 5.38. The minimum Gasteiger partial charge on any atom is -0.523 e. The molecule has 0 aliphatic carbocycles. The van der Waals surface area contributed by atoms with E-state index in [-0.39, 0.29) is 0 Å². The van der Waals surface area contributed by atoms with Crippen LogP contribution in [0.3, 0.4) is 0 Å². The Hall–Kier alpha value is -3.89. The number of oxime groups is 1. The maximum absolute atomic E-state index is 5.38. The van der Waals surface area contributed by atoms with E-state index in [1.54, 1.807) is 7.11 Å². The topological polar surface area (TPSA) is 69.7 Å². The number of hydrogen-bond acceptors (Lipinski definition) is 6. The molecule has 0 unspecified atom stereocenters. The van der Waals surface area contributed by atoms with Crippen LogP contribution in [0, 0.1) is 6.07 Å². The van der Waals surface area contributed by atoms with E-state index in [1.807, 2.05) is 43.3 Å². The van der Waals surface area contributed by atoms with Gasteiger partial charge in [-0.25, -0.2) is 4.63 Å². The van der Waals surface area contributed by atoms with Crippen molar-refractivity contribution in [2.45, 2.75) is 13.5 Å². The fourth-order valence-corrected chi connectivity index (χ4v) is 1.94. The van der Waals surface area contributed by atoms with Crippen LogP contribution in [0.2, 0.25) is 0 Å². The van der Waals surface area contributed by atoms with Crippen molar-refractivity contribution < 1.29 is 14.2 Å². The van der Waals surface area contributed by atoms with Crippen molar-refractivity contribution in [1.82, 2.24) is 10.3 Å². The first-order valence-corrected chi connectivity index (χ1v) is 6.70. The Morgan fingerprint density at radius 1 is 1.22 bits per heavy atom. The number of rotatable bonds is 5. The molecule has 6 nitrogen and oxygen atoms in total. The second kappa shape index (κ2) is 6.71. The molecular formula is C16H14MdN3O3-. The Morgan fingerprint density at radius 3 is 2.78 bits per heavy atom. The van der Waals surface area contributed by atoms with E-state index in [1.165, 1.54) is 0 Å². The SMILES string of the molecule is COc1[c-]cc(/C(C)=N/OCc2ccc3nonc3c2)cc1.[Md]. The fraction of sp³-hybridized carbons (Fsp3) is 0.188. The van der Waals surface area contributed by atoms with Crippen molar-refractivity contribution in [2.24, 2.45) is 5.16 Å². The number of benzene rings is 2. The standard InChI is InChI=1S/C16H14N3O3.Md/c1-11(13-4-6-14(20-2)7-5-13)17-21-10-12-3-8-15-16(9-12)19-22-18-15;/h3-6,8-9H,10H2,1-2H3;/q-1;/b17-11+;. The molecule has 3 rings (SSSR count). The van der Waals surface area contributed by atoms with Crippen LogP contribution in [0.15, 0.2) is 46.2 Å². The van der Waals surface area contributed by atoms with Gasteiger partial charge in [0.15, 0.2) is 0 Å². The largest absolute Gasteiger partial charge is 0.523 e. The number of hydrogen-bond donors (Lipinski definition) is 0. The monoisotopic (exact) mass is 554 g/mol. The Bertz CT molecular complexity index is 800. The molecule has 0 atom stereocenters. The first-order valence-electron chi connectivity index (χ1n) is 6.70. The van der Waals surface area contributed by atoms with Crippen molar-refractivity contribution in [2.75, 3.05) is 7.11 Å². The zero-order valence-corrected chi connectivity index (χ0v) is 14.8. The Labute approximate surface area is 127 Å². The summed E-state index contributed by atoms with van der Waals surface area (Å²) in [5, 5.41) is 11.7. The van der Waals surface area contributed by atoms with Crippen LogP contribution in [0.4, 0.5) is 0 Å². The molecule has 1 aromatic heterocycles. The van der Waals surface area contributed by atoms with E-state index in [9.17, 15) is 0 Å². The normalized spacial score (nSPS) is 11.1. The van der Waals surface area contributed by atoms with Crippen LogP contribution < -0.4 is 4.74 Å². The number of aromatic nitrogens is 2. The molecule has 125 valence electrons. The molecule has 0 N–H and O–H groups in total. The molecule has 3 aromatic rings. The smallest absolute Gasteiger partial charge is 0.142 e. The minimum atomic E-state index is 0. The molecule has 0 aliphatic rings. The van der Waals surface area contributed by atoms with Gasteiger partial charge in [0, 0.05) is 11.5 Å². The van der Waals surface area contributed by atoms with Gasteiger partial charge in [-0.15, -0.1) is 22.9 Å². The third kappa shape index (κ3) is 3.41. The van der Waals surface area contributed by atoms with E-state index < -0.39 is 0 Å². The second-order valence-electron chi connectivity index (χ2n) is 4.68. The first kappa shape index (κ1) is 15.5. The maximum atomic E-state index is 5.38. The molecule has 2 aromatic carbocycles. The summed E-state index contributed by atoms with van der Waals surface area (Å²) in [7, 11) is 1.61. The predicted octanol–water partition coefficient (Wildman–Crippen LogP) is 2.97. The number of fused-ring (bicyclic) bond motifs is 1. The molecule has 0 aliphatic heterocycles. The maximum Gasteiger partial charge on any atom is 0.142 e. The van der Waals surface area contributed by atoms with Crippen molar-refractivity contribution in [1.29, 1.82) is 0 Å². The van der Waals surface area contributed by atoms with Crippen LogP contribution in [-0.4, -0.2) is 23.1 Å². The van der Waals surface area contributed by atoms with Gasteiger partial charge >= 0.3 is 0 Å². The molecule has 1 heterocycles. The Morgan fingerprint density at radius 2 is 2.04 bits per heavy atom. The van der Waals surface area contributed by atoms with E-state index in [0.29, 0.717) is 17.9 Å². The third-order valence-electron chi connectivity index (χ3n) is 3.17. The molecule has 0 fully saturated rings. The summed E-state index contributed by atoms with van der Waals surface area (Å²) in [6.45, 7) is 2.22. The first-order chi connectivity index (χ1) is 10.8. The quantitative estimate of drug-likeness (QED) is 0.276. The Kier molecular flexibility index (Phi) is 4.52. The summed E-state index contributed by atoms with van der Waals surface area (Å²) in [6.07, 6.45) is 0. The summed E-state index contributed by atoms with van der Waals surface area (Å²) >= 11 is 0. The molecule has 0 bridgehead atoms. The summed E-state index contributed by atoms with van der Waals surface area (Å²) in [5.74, 6) is 0.687. The van der Waals surface area contributed by atoms with Crippen LogP contribution in [-0.2, 0) is 11.4 Å². The van der Waals surface area contributed by atoms with Gasteiger partial charge in [-0.3, -0.25) is 0 Å². The molecule has 1 radical (unpaired) electrons. The zero-order valence-electron chi connectivity index (χ0n) is 12.5. The molecule has 0 amide bonds. The zero-order chi connectivity index (χ0) is 15.4. The van der Waals surface area contributed by atoms with Gasteiger partial charge in [0.25, 0.3) is 0 Å². The average molecular weight is 554 g/mol. The molecular weight excluding hydrogens is 540 g/mol. The fourth-order valence-electron chi connectivity index (χ4n) is 1.94. The van der Waals surface area contributed by atoms with E-state index in [2.05, 4.69) is 26.2 Å². The van der Waals surface area contributed by atoms with Crippen molar-refractivity contribution >= 4 is 16.7 Å². The molecule has 0 spiro atoms. The van der Waals surface area contributed by atoms with E-state index in [0.717, 1.165) is 22.4 Å². The van der Waals surface area contributed by atoms with Gasteiger partial charge < -0.3 is 9.57 Å². The van der Waals surface area contributed by atoms with Crippen LogP contribution in [0.5, 0.6) is 5.75 Å². The molecule has 23 heavy (non-hydrogen) atoms. The van der Waals surface area contributed by atoms with Crippen LogP contribution >= 0.6 is 0 Å². The minimum absolute atomic E-state index is 0. The van der Waals surface area contributed by atoms with Crippen molar-refractivity contribution in [3.63, 3.8) is 0 Å². The van der Waals surface area contributed by atoms with E-state index in [4.69, 9.17) is 9.57 Å². The summed E-state index contributed by atoms with van der Waals surface area (Å²) in [5.41, 5.74) is 4.06.